The smallest absolute Gasteiger partial charge is 0.311 e. The number of aromatic nitrogens is 1. The Morgan fingerprint density at radius 1 is 1.26 bits per heavy atom. The molecule has 0 aliphatic heterocycles. The van der Waals surface area contributed by atoms with Crippen LogP contribution >= 0.6 is 11.3 Å². The zero-order chi connectivity index (χ0) is 24.5. The number of nitrogens with one attached hydrogen (secondary N) is 1. The maximum atomic E-state index is 11.6. The van der Waals surface area contributed by atoms with Crippen LogP contribution in [0.25, 0.3) is 0 Å². The van der Waals surface area contributed by atoms with E-state index in [1.54, 1.807) is 43.8 Å². The number of hydrogen-bond donors (Lipinski definition) is 1. The Labute approximate surface area is 200 Å². The number of anilines is 1. The van der Waals surface area contributed by atoms with Crippen molar-refractivity contribution < 1.29 is 23.9 Å². The molecule has 3 rings (SSSR count). The molecule has 34 heavy (non-hydrogen) atoms. The van der Waals surface area contributed by atoms with Crippen LogP contribution in [-0.2, 0) is 22.6 Å². The quantitative estimate of drug-likeness (QED) is 0.183. The molecule has 178 valence electrons. The predicted octanol–water partition coefficient (Wildman–Crippen LogP) is 4.50. The number of esters is 1. The molecule has 1 heterocycles. The third-order valence-corrected chi connectivity index (χ3v) is 5.35. The van der Waals surface area contributed by atoms with E-state index in [9.17, 15) is 14.9 Å². The van der Waals surface area contributed by atoms with Gasteiger partial charge >= 0.3 is 11.7 Å². The van der Waals surface area contributed by atoms with Gasteiger partial charge in [-0.05, 0) is 49.2 Å². The average molecular weight is 485 g/mol. The van der Waals surface area contributed by atoms with Gasteiger partial charge in [-0.15, -0.1) is 11.3 Å². The van der Waals surface area contributed by atoms with Crippen molar-refractivity contribution >= 4 is 34.3 Å². The molecule has 0 aliphatic carbocycles. The highest BCUT2D eigenvalue weighted by atomic mass is 32.1. The predicted molar refractivity (Wildman–Crippen MR) is 129 cm³/mol. The first kappa shape index (κ1) is 24.6. The number of hydrogen-bond acceptors (Lipinski definition) is 10. The van der Waals surface area contributed by atoms with Crippen molar-refractivity contribution in [3.05, 3.63) is 74.3 Å². The molecule has 0 saturated heterocycles. The van der Waals surface area contributed by atoms with E-state index in [4.69, 9.17) is 14.2 Å². The number of rotatable bonds is 11. The second kappa shape index (κ2) is 11.8. The number of thiazole rings is 1. The highest BCUT2D eigenvalue weighted by Gasteiger charge is 2.16. The van der Waals surface area contributed by atoms with Crippen molar-refractivity contribution in [2.75, 3.05) is 19.1 Å². The number of nitrogens with zero attached hydrogens (tertiary/aromatic N) is 3. The number of hydrazone groups is 1. The van der Waals surface area contributed by atoms with Gasteiger partial charge in [0.2, 0.25) is 5.13 Å². The Kier molecular flexibility index (Phi) is 8.52. The lowest BCUT2D eigenvalue weighted by Gasteiger charge is -2.12. The van der Waals surface area contributed by atoms with Crippen LogP contribution in [0.15, 0.2) is 46.9 Å². The van der Waals surface area contributed by atoms with Crippen LogP contribution < -0.4 is 14.9 Å². The molecular formula is C23H24N4O6S. The van der Waals surface area contributed by atoms with Gasteiger partial charge in [0, 0.05) is 17.0 Å². The van der Waals surface area contributed by atoms with E-state index in [-0.39, 0.29) is 30.4 Å². The van der Waals surface area contributed by atoms with Gasteiger partial charge in [0.25, 0.3) is 0 Å². The molecule has 0 radical (unpaired) electrons. The Balaban J connectivity index is 1.67. The van der Waals surface area contributed by atoms with Crippen LogP contribution in [0.3, 0.4) is 0 Å². The van der Waals surface area contributed by atoms with E-state index in [0.29, 0.717) is 28.7 Å². The summed E-state index contributed by atoms with van der Waals surface area (Å²) in [5, 5.41) is 17.8. The van der Waals surface area contributed by atoms with E-state index in [2.05, 4.69) is 15.5 Å². The zero-order valence-corrected chi connectivity index (χ0v) is 19.8. The van der Waals surface area contributed by atoms with Crippen molar-refractivity contribution in [2.45, 2.75) is 26.9 Å². The number of carbonyl (C=O) groups is 1. The molecule has 0 amide bonds. The standard InChI is InChI=1S/C23H24N4O6S/c1-4-32-22(28)11-18-14-34-23(25-18)26-24-12-16-6-8-20(31-3)17(10-16)13-33-21-9-15(2)5-7-19(21)27(29)30/h5-10,12,14H,4,11,13H2,1-3H3,(H,25,26). The first-order chi connectivity index (χ1) is 16.4. The third-order valence-electron chi connectivity index (χ3n) is 4.56. The minimum absolute atomic E-state index is 0.0757. The SMILES string of the molecule is CCOC(=O)Cc1csc(NN=Cc2ccc(OC)c(COc3cc(C)ccc3[N+](=O)[O-])c2)n1. The molecule has 0 fully saturated rings. The number of ether oxygens (including phenoxy) is 3. The number of carbonyl (C=O) groups excluding carboxylic acids is 1. The van der Waals surface area contributed by atoms with Gasteiger partial charge in [-0.2, -0.15) is 5.10 Å². The van der Waals surface area contributed by atoms with E-state index >= 15 is 0 Å². The van der Waals surface area contributed by atoms with E-state index in [1.165, 1.54) is 17.4 Å². The van der Waals surface area contributed by atoms with Gasteiger partial charge in [-0.3, -0.25) is 20.3 Å². The lowest BCUT2D eigenvalue weighted by Crippen LogP contribution is -2.07. The summed E-state index contributed by atoms with van der Waals surface area (Å²) < 4.78 is 16.1. The monoisotopic (exact) mass is 484 g/mol. The number of nitro groups is 1. The topological polar surface area (TPSA) is 125 Å². The summed E-state index contributed by atoms with van der Waals surface area (Å²) in [7, 11) is 1.54. The molecular weight excluding hydrogens is 460 g/mol. The summed E-state index contributed by atoms with van der Waals surface area (Å²) in [5.41, 5.74) is 5.66. The molecule has 10 nitrogen and oxygen atoms in total. The molecule has 0 aliphatic rings. The fraction of sp³-hybridized carbons (Fsp3) is 0.261. The molecule has 1 N–H and O–H groups in total. The zero-order valence-electron chi connectivity index (χ0n) is 18.9. The van der Waals surface area contributed by atoms with Crippen molar-refractivity contribution in [1.82, 2.24) is 4.98 Å². The van der Waals surface area contributed by atoms with Crippen molar-refractivity contribution in [1.29, 1.82) is 0 Å². The third kappa shape index (κ3) is 6.75. The Bertz CT molecular complexity index is 1190. The molecule has 0 bridgehead atoms. The maximum Gasteiger partial charge on any atom is 0.311 e. The Morgan fingerprint density at radius 2 is 2.09 bits per heavy atom. The Morgan fingerprint density at radius 3 is 2.82 bits per heavy atom. The van der Waals surface area contributed by atoms with Crippen LogP contribution in [0.4, 0.5) is 10.8 Å². The van der Waals surface area contributed by atoms with Gasteiger partial charge in [0.15, 0.2) is 5.75 Å². The van der Waals surface area contributed by atoms with Gasteiger partial charge < -0.3 is 14.2 Å². The van der Waals surface area contributed by atoms with Crippen LogP contribution in [-0.4, -0.2) is 35.8 Å². The number of aryl methyl sites for hydroxylation is 1. The minimum atomic E-state index is -0.475. The molecule has 2 aromatic carbocycles. The van der Waals surface area contributed by atoms with E-state index in [0.717, 1.165) is 11.1 Å². The van der Waals surface area contributed by atoms with Gasteiger partial charge in [-0.25, -0.2) is 4.98 Å². The molecule has 0 unspecified atom stereocenters. The van der Waals surface area contributed by atoms with E-state index in [1.807, 2.05) is 19.1 Å². The molecule has 0 saturated carbocycles. The van der Waals surface area contributed by atoms with Crippen LogP contribution in [0, 0.1) is 17.0 Å². The second-order valence-electron chi connectivity index (χ2n) is 7.08. The van der Waals surface area contributed by atoms with Gasteiger partial charge in [-0.1, -0.05) is 6.07 Å². The molecule has 3 aromatic rings. The van der Waals surface area contributed by atoms with Crippen LogP contribution in [0.5, 0.6) is 11.5 Å². The molecule has 1 aromatic heterocycles. The van der Waals surface area contributed by atoms with Crippen LogP contribution in [0.2, 0.25) is 0 Å². The van der Waals surface area contributed by atoms with Crippen LogP contribution in [0.1, 0.15) is 29.3 Å². The fourth-order valence-corrected chi connectivity index (χ4v) is 3.66. The minimum Gasteiger partial charge on any atom is -0.496 e. The largest absolute Gasteiger partial charge is 0.496 e. The van der Waals surface area contributed by atoms with E-state index < -0.39 is 4.92 Å². The number of methoxy groups -OCH3 is 1. The highest BCUT2D eigenvalue weighted by molar-refractivity contribution is 7.13. The van der Waals surface area contributed by atoms with Crippen molar-refractivity contribution in [3.8, 4) is 11.5 Å². The van der Waals surface area contributed by atoms with Gasteiger partial charge in [0.1, 0.15) is 12.4 Å². The lowest BCUT2D eigenvalue weighted by molar-refractivity contribution is -0.386. The molecule has 0 spiro atoms. The normalized spacial score (nSPS) is 10.8. The molecule has 11 heteroatoms. The highest BCUT2D eigenvalue weighted by Crippen LogP contribution is 2.30. The van der Waals surface area contributed by atoms with Gasteiger partial charge in [0.05, 0.1) is 37.0 Å². The number of nitro benzene ring substituents is 1. The van der Waals surface area contributed by atoms with Crippen molar-refractivity contribution in [3.63, 3.8) is 0 Å². The summed E-state index contributed by atoms with van der Waals surface area (Å²) in [4.78, 5) is 26.7. The first-order valence-electron chi connectivity index (χ1n) is 10.3. The number of benzene rings is 2. The lowest BCUT2D eigenvalue weighted by atomic mass is 10.1. The first-order valence-corrected chi connectivity index (χ1v) is 11.2. The Hall–Kier alpha value is -3.99. The van der Waals surface area contributed by atoms with Crippen molar-refractivity contribution in [2.24, 2.45) is 5.10 Å². The summed E-state index contributed by atoms with van der Waals surface area (Å²) in [6.07, 6.45) is 1.71. The summed E-state index contributed by atoms with van der Waals surface area (Å²) in [6.45, 7) is 3.99. The fourth-order valence-electron chi connectivity index (χ4n) is 3.00. The average Bonchev–Trinajstić information content (AvgIpc) is 3.24. The summed E-state index contributed by atoms with van der Waals surface area (Å²) in [5.74, 6) is 0.450. The second-order valence-corrected chi connectivity index (χ2v) is 7.94. The molecule has 0 atom stereocenters. The maximum absolute atomic E-state index is 11.6. The summed E-state index contributed by atoms with van der Waals surface area (Å²) in [6, 6.07) is 10.1. The summed E-state index contributed by atoms with van der Waals surface area (Å²) >= 11 is 1.33.